The summed E-state index contributed by atoms with van der Waals surface area (Å²) < 4.78 is 4.62. The molecule has 1 saturated heterocycles. The molecule has 1 aromatic carbocycles. The van der Waals surface area contributed by atoms with E-state index in [0.29, 0.717) is 25.0 Å². The van der Waals surface area contributed by atoms with Gasteiger partial charge in [0.25, 0.3) is 0 Å². The molecular weight excluding hydrogens is 316 g/mol. The highest BCUT2D eigenvalue weighted by Gasteiger charge is 2.23. The van der Waals surface area contributed by atoms with Crippen molar-refractivity contribution in [3.05, 3.63) is 29.3 Å². The van der Waals surface area contributed by atoms with Crippen LogP contribution in [0.1, 0.15) is 12.8 Å². The molecule has 0 radical (unpaired) electrons. The number of ether oxygens (including phenoxy) is 1. The number of rotatable bonds is 5. The van der Waals surface area contributed by atoms with Gasteiger partial charge in [0.15, 0.2) is 5.96 Å². The third kappa shape index (κ3) is 5.32. The molecule has 1 atom stereocenters. The van der Waals surface area contributed by atoms with E-state index in [2.05, 4.69) is 31.3 Å². The van der Waals surface area contributed by atoms with Crippen molar-refractivity contribution < 1.29 is 9.53 Å². The van der Waals surface area contributed by atoms with Gasteiger partial charge in [-0.2, -0.15) is 0 Å². The summed E-state index contributed by atoms with van der Waals surface area (Å²) >= 11 is 6.05. The predicted octanol–water partition coefficient (Wildman–Crippen LogP) is 1.65. The van der Waals surface area contributed by atoms with Crippen molar-refractivity contribution in [2.75, 3.05) is 38.7 Å². The van der Waals surface area contributed by atoms with Crippen LogP contribution in [0.3, 0.4) is 0 Å². The number of nitrogens with zero attached hydrogens (tertiary/aromatic N) is 2. The molecule has 0 saturated carbocycles. The van der Waals surface area contributed by atoms with Crippen molar-refractivity contribution in [3.63, 3.8) is 0 Å². The van der Waals surface area contributed by atoms with Gasteiger partial charge >= 0.3 is 5.97 Å². The molecule has 6 nitrogen and oxygen atoms in total. The van der Waals surface area contributed by atoms with Gasteiger partial charge in [0.1, 0.15) is 0 Å². The number of methoxy groups -OCH3 is 1. The number of esters is 1. The van der Waals surface area contributed by atoms with Crippen LogP contribution in [0.5, 0.6) is 0 Å². The zero-order valence-corrected chi connectivity index (χ0v) is 14.3. The molecule has 126 valence electrons. The second-order valence-corrected chi connectivity index (χ2v) is 5.82. The summed E-state index contributed by atoms with van der Waals surface area (Å²) in [5.74, 6) is 0.466. The Kier molecular flexibility index (Phi) is 6.52. The minimum absolute atomic E-state index is 0.235. The maximum atomic E-state index is 11.1. The predicted molar refractivity (Wildman–Crippen MR) is 93.2 cm³/mol. The fourth-order valence-corrected chi connectivity index (χ4v) is 2.74. The van der Waals surface area contributed by atoms with Crippen molar-refractivity contribution in [2.45, 2.75) is 18.9 Å². The summed E-state index contributed by atoms with van der Waals surface area (Å²) in [6, 6.07) is 8.19. The smallest absolute Gasteiger partial charge is 0.307 e. The van der Waals surface area contributed by atoms with Crippen molar-refractivity contribution >= 4 is 29.2 Å². The van der Waals surface area contributed by atoms with Gasteiger partial charge in [-0.15, -0.1) is 0 Å². The van der Waals surface area contributed by atoms with Gasteiger partial charge in [0.05, 0.1) is 13.5 Å². The van der Waals surface area contributed by atoms with Crippen LogP contribution >= 0.6 is 11.6 Å². The number of nitrogens with one attached hydrogen (secondary N) is 2. The normalized spacial score (nSPS) is 18.0. The molecule has 1 aromatic rings. The van der Waals surface area contributed by atoms with E-state index >= 15 is 0 Å². The van der Waals surface area contributed by atoms with Gasteiger partial charge < -0.3 is 20.3 Å². The van der Waals surface area contributed by atoms with Crippen molar-refractivity contribution in [1.29, 1.82) is 0 Å². The fourth-order valence-electron chi connectivity index (χ4n) is 2.56. The first-order valence-corrected chi connectivity index (χ1v) is 8.04. The second-order valence-electron chi connectivity index (χ2n) is 5.38. The van der Waals surface area contributed by atoms with Crippen LogP contribution in [0.2, 0.25) is 5.02 Å². The lowest BCUT2D eigenvalue weighted by atomic mass is 10.2. The van der Waals surface area contributed by atoms with Gasteiger partial charge in [-0.05, 0) is 24.6 Å². The monoisotopic (exact) mass is 338 g/mol. The highest BCUT2D eigenvalue weighted by Crippen LogP contribution is 2.23. The van der Waals surface area contributed by atoms with Crippen LogP contribution in [-0.2, 0) is 9.53 Å². The first-order valence-electron chi connectivity index (χ1n) is 7.67. The largest absolute Gasteiger partial charge is 0.469 e. The van der Waals surface area contributed by atoms with Gasteiger partial charge in [0.2, 0.25) is 0 Å². The summed E-state index contributed by atoms with van der Waals surface area (Å²) in [4.78, 5) is 17.6. The zero-order chi connectivity index (χ0) is 16.7. The molecule has 0 aromatic heterocycles. The number of anilines is 1. The summed E-state index contributed by atoms with van der Waals surface area (Å²) in [6.45, 7) is 2.35. The molecule has 2 rings (SSSR count). The van der Waals surface area contributed by atoms with E-state index in [1.165, 1.54) is 7.11 Å². The molecular formula is C16H23ClN4O2. The Morgan fingerprint density at radius 1 is 1.52 bits per heavy atom. The van der Waals surface area contributed by atoms with Crippen LogP contribution in [-0.4, -0.2) is 51.8 Å². The number of carbonyl (C=O) groups is 1. The zero-order valence-electron chi connectivity index (χ0n) is 13.5. The maximum absolute atomic E-state index is 11.1. The fraction of sp³-hybridized carbons (Fsp3) is 0.500. The van der Waals surface area contributed by atoms with Crippen LogP contribution in [0, 0.1) is 0 Å². The summed E-state index contributed by atoms with van der Waals surface area (Å²) in [5, 5.41) is 7.26. The third-order valence-electron chi connectivity index (χ3n) is 3.78. The molecule has 2 N–H and O–H groups in total. The molecule has 0 aliphatic carbocycles. The van der Waals surface area contributed by atoms with Crippen molar-refractivity contribution in [2.24, 2.45) is 4.99 Å². The Hall–Kier alpha value is -1.95. The van der Waals surface area contributed by atoms with Crippen LogP contribution in [0.15, 0.2) is 29.3 Å². The lowest BCUT2D eigenvalue weighted by Crippen LogP contribution is -2.45. The van der Waals surface area contributed by atoms with Gasteiger partial charge in [-0.1, -0.05) is 17.7 Å². The SMILES string of the molecule is CN=C(NCCC(=O)OC)NC1CCN(c2cccc(Cl)c2)C1. The number of carbonyl (C=O) groups excluding carboxylic acids is 1. The van der Waals surface area contributed by atoms with Crippen molar-refractivity contribution in [1.82, 2.24) is 10.6 Å². The molecule has 0 amide bonds. The number of hydrogen-bond donors (Lipinski definition) is 2. The van der Waals surface area contributed by atoms with E-state index in [1.807, 2.05) is 18.2 Å². The molecule has 1 unspecified atom stereocenters. The summed E-state index contributed by atoms with van der Waals surface area (Å²) in [7, 11) is 3.11. The lowest BCUT2D eigenvalue weighted by Gasteiger charge is -2.20. The highest BCUT2D eigenvalue weighted by molar-refractivity contribution is 6.30. The molecule has 1 fully saturated rings. The van der Waals surface area contributed by atoms with Crippen LogP contribution in [0.4, 0.5) is 5.69 Å². The van der Waals surface area contributed by atoms with E-state index in [0.717, 1.165) is 30.2 Å². The van der Waals surface area contributed by atoms with Crippen LogP contribution in [0.25, 0.3) is 0 Å². The minimum Gasteiger partial charge on any atom is -0.469 e. The molecule has 23 heavy (non-hydrogen) atoms. The minimum atomic E-state index is -0.235. The Balaban J connectivity index is 1.80. The van der Waals surface area contributed by atoms with Gasteiger partial charge in [0, 0.05) is 43.4 Å². The van der Waals surface area contributed by atoms with E-state index < -0.39 is 0 Å². The number of hydrogen-bond acceptors (Lipinski definition) is 4. The lowest BCUT2D eigenvalue weighted by molar-refractivity contribution is -0.140. The van der Waals surface area contributed by atoms with E-state index in [1.54, 1.807) is 7.05 Å². The maximum Gasteiger partial charge on any atom is 0.307 e. The van der Waals surface area contributed by atoms with Crippen LogP contribution < -0.4 is 15.5 Å². The first-order chi connectivity index (χ1) is 11.1. The second kappa shape index (κ2) is 8.62. The number of benzene rings is 1. The standard InChI is InChI=1S/C16H23ClN4O2/c1-18-16(19-8-6-15(22)23-2)20-13-7-9-21(11-13)14-5-3-4-12(17)10-14/h3-5,10,13H,6-9,11H2,1-2H3,(H2,18,19,20). The average Bonchev–Trinajstić information content (AvgIpc) is 3.02. The average molecular weight is 339 g/mol. The number of aliphatic imine (C=N–C) groups is 1. The number of halogens is 1. The molecule has 7 heteroatoms. The van der Waals surface area contributed by atoms with E-state index in [4.69, 9.17) is 11.6 Å². The number of guanidine groups is 1. The molecule has 0 bridgehead atoms. The molecule has 1 heterocycles. The Labute approximate surface area is 141 Å². The highest BCUT2D eigenvalue weighted by atomic mass is 35.5. The Morgan fingerprint density at radius 3 is 3.04 bits per heavy atom. The van der Waals surface area contributed by atoms with E-state index in [-0.39, 0.29) is 5.97 Å². The summed E-state index contributed by atoms with van der Waals surface area (Å²) in [6.07, 6.45) is 1.33. The first kappa shape index (κ1) is 17.4. The third-order valence-corrected chi connectivity index (χ3v) is 4.01. The van der Waals surface area contributed by atoms with Gasteiger partial charge in [-0.3, -0.25) is 9.79 Å². The quantitative estimate of drug-likeness (QED) is 0.485. The summed E-state index contributed by atoms with van der Waals surface area (Å²) in [5.41, 5.74) is 1.13. The topological polar surface area (TPSA) is 66.0 Å². The molecule has 0 spiro atoms. The van der Waals surface area contributed by atoms with E-state index in [9.17, 15) is 4.79 Å². The van der Waals surface area contributed by atoms with Crippen molar-refractivity contribution in [3.8, 4) is 0 Å². The Bertz CT molecular complexity index is 565. The molecule has 1 aliphatic rings. The van der Waals surface area contributed by atoms with Gasteiger partial charge in [-0.25, -0.2) is 0 Å². The Morgan fingerprint density at radius 2 is 2.35 bits per heavy atom. The molecule has 1 aliphatic heterocycles.